The van der Waals surface area contributed by atoms with Crippen LogP contribution >= 0.6 is 0 Å². The van der Waals surface area contributed by atoms with Gasteiger partial charge in [-0.2, -0.15) is 15.5 Å². The van der Waals surface area contributed by atoms with Gasteiger partial charge in [-0.15, -0.1) is 0 Å². The quantitative estimate of drug-likeness (QED) is 0.486. The zero-order chi connectivity index (χ0) is 17.0. The van der Waals surface area contributed by atoms with Gasteiger partial charge in [-0.1, -0.05) is 0 Å². The Labute approximate surface area is 134 Å². The third-order valence-electron chi connectivity index (χ3n) is 3.82. The minimum Gasteiger partial charge on any atom is -0.485 e. The number of nitrogens with zero attached hydrogens (tertiary/aromatic N) is 4. The highest BCUT2D eigenvalue weighted by atomic mass is 16.5. The summed E-state index contributed by atoms with van der Waals surface area (Å²) in [4.78, 5) is 5.12. The highest BCUT2D eigenvalue weighted by Gasteiger charge is 2.45. The van der Waals surface area contributed by atoms with E-state index in [-0.39, 0.29) is 13.2 Å². The van der Waals surface area contributed by atoms with Crippen molar-refractivity contribution in [3.8, 4) is 18.0 Å². The predicted octanol–water partition coefficient (Wildman–Crippen LogP) is 0.935. The van der Waals surface area contributed by atoms with E-state index in [1.165, 1.54) is 6.34 Å². The minimum atomic E-state index is -0.944. The van der Waals surface area contributed by atoms with E-state index in [1.807, 2.05) is 0 Å². The van der Waals surface area contributed by atoms with Crippen LogP contribution in [0.15, 0.2) is 23.2 Å². The van der Waals surface area contributed by atoms with Crippen molar-refractivity contribution >= 4 is 6.34 Å². The number of fused-ring (bicyclic) bond motifs is 1. The first kappa shape index (κ1) is 16.8. The second-order valence-electron chi connectivity index (χ2n) is 5.77. The van der Waals surface area contributed by atoms with E-state index in [0.717, 1.165) is 0 Å². The van der Waals surface area contributed by atoms with Crippen molar-refractivity contribution in [1.82, 2.24) is 4.90 Å². The molecule has 0 saturated heterocycles. The maximum absolute atomic E-state index is 10.7. The van der Waals surface area contributed by atoms with Crippen LogP contribution in [0.1, 0.15) is 31.0 Å². The predicted molar refractivity (Wildman–Crippen MR) is 82.5 cm³/mol. The molecule has 0 spiro atoms. The minimum absolute atomic E-state index is 0.171. The molecule has 0 amide bonds. The smallest absolute Gasteiger partial charge is 0.207 e. The van der Waals surface area contributed by atoms with Gasteiger partial charge < -0.3 is 19.8 Å². The molecule has 0 fully saturated rings. The fraction of sp³-hybridized carbons (Fsp3) is 0.438. The van der Waals surface area contributed by atoms with Gasteiger partial charge in [0.25, 0.3) is 0 Å². The highest BCUT2D eigenvalue weighted by Crippen LogP contribution is 2.42. The maximum atomic E-state index is 10.7. The number of benzene rings is 1. The first-order chi connectivity index (χ1) is 10.9. The summed E-state index contributed by atoms with van der Waals surface area (Å²) in [7, 11) is 0. The average Bonchev–Trinajstić information content (AvgIpc) is 2.52. The summed E-state index contributed by atoms with van der Waals surface area (Å²) < 4.78 is 5.84. The molecule has 0 aromatic heterocycles. The van der Waals surface area contributed by atoms with Crippen LogP contribution in [-0.4, -0.2) is 46.3 Å². The average molecular weight is 314 g/mol. The highest BCUT2D eigenvalue weighted by molar-refractivity contribution is 5.59. The van der Waals surface area contributed by atoms with Crippen LogP contribution in [0.25, 0.3) is 0 Å². The fourth-order valence-electron chi connectivity index (χ4n) is 2.68. The summed E-state index contributed by atoms with van der Waals surface area (Å²) in [5.41, 5.74) is 0.180. The van der Waals surface area contributed by atoms with Gasteiger partial charge in [-0.25, -0.2) is 0 Å². The van der Waals surface area contributed by atoms with E-state index < -0.39 is 17.7 Å². The van der Waals surface area contributed by atoms with E-state index in [4.69, 9.17) is 15.3 Å². The molecule has 0 unspecified atom stereocenters. The van der Waals surface area contributed by atoms with Crippen molar-refractivity contribution in [3.05, 3.63) is 29.3 Å². The van der Waals surface area contributed by atoms with Crippen molar-refractivity contribution in [1.29, 1.82) is 10.5 Å². The summed E-state index contributed by atoms with van der Waals surface area (Å²) in [6.07, 6.45) is 2.00. The Morgan fingerprint density at radius 3 is 2.78 bits per heavy atom. The second kappa shape index (κ2) is 6.66. The molecule has 0 radical (unpaired) electrons. The molecule has 1 aliphatic rings. The van der Waals surface area contributed by atoms with Gasteiger partial charge in [0.15, 0.2) is 0 Å². The summed E-state index contributed by atoms with van der Waals surface area (Å²) in [6, 6.07) is 6.44. The molecule has 0 aliphatic carbocycles. The third kappa shape index (κ3) is 3.26. The zero-order valence-electron chi connectivity index (χ0n) is 13.0. The van der Waals surface area contributed by atoms with E-state index in [0.29, 0.717) is 16.9 Å². The molecule has 7 heteroatoms. The molecular formula is C16H18N4O3. The van der Waals surface area contributed by atoms with Gasteiger partial charge in [-0.3, -0.25) is 0 Å². The number of aliphatic hydroxyl groups is 2. The molecule has 2 rings (SSSR count). The number of aliphatic imine (C=N–C) groups is 1. The van der Waals surface area contributed by atoms with Crippen molar-refractivity contribution in [2.24, 2.45) is 4.99 Å². The first-order valence-electron chi connectivity index (χ1n) is 7.14. The van der Waals surface area contributed by atoms with Crippen LogP contribution in [-0.2, 0) is 0 Å². The normalized spacial score (nSPS) is 21.8. The first-order valence-corrected chi connectivity index (χ1v) is 7.14. The second-order valence-corrected chi connectivity index (χ2v) is 5.77. The van der Waals surface area contributed by atoms with Gasteiger partial charge in [0, 0.05) is 12.1 Å². The van der Waals surface area contributed by atoms with Gasteiger partial charge in [0.05, 0.1) is 24.3 Å². The molecule has 0 bridgehead atoms. The summed E-state index contributed by atoms with van der Waals surface area (Å²) >= 11 is 0. The third-order valence-corrected chi connectivity index (χ3v) is 3.82. The molecule has 23 heavy (non-hydrogen) atoms. The SMILES string of the molecule is CC1(C)Oc2ccc(C#N)cc2[C@@H](N(C=NC#N)CCO)[C@@H]1O. The van der Waals surface area contributed by atoms with E-state index >= 15 is 0 Å². The van der Waals surface area contributed by atoms with Crippen molar-refractivity contribution in [2.75, 3.05) is 13.2 Å². The van der Waals surface area contributed by atoms with Gasteiger partial charge >= 0.3 is 0 Å². The van der Waals surface area contributed by atoms with Crippen molar-refractivity contribution in [3.63, 3.8) is 0 Å². The lowest BCUT2D eigenvalue weighted by molar-refractivity contribution is -0.0818. The van der Waals surface area contributed by atoms with Crippen molar-refractivity contribution in [2.45, 2.75) is 31.6 Å². The van der Waals surface area contributed by atoms with Crippen LogP contribution in [0.3, 0.4) is 0 Å². The molecule has 7 nitrogen and oxygen atoms in total. The lowest BCUT2D eigenvalue weighted by Crippen LogP contribution is -2.53. The molecule has 1 aliphatic heterocycles. The largest absolute Gasteiger partial charge is 0.485 e. The number of hydrogen-bond donors (Lipinski definition) is 2. The number of aliphatic hydroxyl groups excluding tert-OH is 2. The van der Waals surface area contributed by atoms with Crippen LogP contribution < -0.4 is 4.74 Å². The Bertz CT molecular complexity index is 688. The topological polar surface area (TPSA) is 113 Å². The summed E-state index contributed by atoms with van der Waals surface area (Å²) in [6.45, 7) is 3.52. The molecule has 120 valence electrons. The Balaban J connectivity index is 2.57. The van der Waals surface area contributed by atoms with E-state index in [1.54, 1.807) is 43.1 Å². The Morgan fingerprint density at radius 1 is 1.43 bits per heavy atom. The number of hydrogen-bond acceptors (Lipinski definition) is 6. The summed E-state index contributed by atoms with van der Waals surface area (Å²) in [5.74, 6) is 0.553. The number of rotatable bonds is 4. The Hall–Kier alpha value is -2.61. The van der Waals surface area contributed by atoms with Crippen molar-refractivity contribution < 1.29 is 14.9 Å². The standard InChI is InChI=1S/C16H18N4O3/c1-16(2)15(22)14(20(5-6-21)10-19-9-18)12-7-11(8-17)3-4-13(12)23-16/h3-4,7,10,14-15,21-22H,5-6H2,1-2H3/t14-,15+/m1/s1. The lowest BCUT2D eigenvalue weighted by atomic mass is 9.85. The molecular weight excluding hydrogens is 296 g/mol. The Morgan fingerprint density at radius 2 is 2.17 bits per heavy atom. The zero-order valence-corrected chi connectivity index (χ0v) is 13.0. The lowest BCUT2D eigenvalue weighted by Gasteiger charge is -2.45. The molecule has 2 N–H and O–H groups in total. The number of nitriles is 2. The molecule has 0 saturated carbocycles. The molecule has 1 aromatic rings. The summed E-state index contributed by atoms with van der Waals surface area (Å²) in [5, 5.41) is 37.8. The fourth-order valence-corrected chi connectivity index (χ4v) is 2.68. The van der Waals surface area contributed by atoms with Gasteiger partial charge in [0.1, 0.15) is 23.8 Å². The van der Waals surface area contributed by atoms with Crippen LogP contribution in [0.2, 0.25) is 0 Å². The van der Waals surface area contributed by atoms with Gasteiger partial charge in [0.2, 0.25) is 6.19 Å². The number of ether oxygens (including phenoxy) is 1. The van der Waals surface area contributed by atoms with Crippen LogP contribution in [0.4, 0.5) is 0 Å². The molecule has 1 aromatic carbocycles. The van der Waals surface area contributed by atoms with Crippen LogP contribution in [0, 0.1) is 22.8 Å². The van der Waals surface area contributed by atoms with Crippen LogP contribution in [0.5, 0.6) is 5.75 Å². The maximum Gasteiger partial charge on any atom is 0.207 e. The Kier molecular flexibility index (Phi) is 4.85. The van der Waals surface area contributed by atoms with E-state index in [2.05, 4.69) is 11.1 Å². The van der Waals surface area contributed by atoms with Gasteiger partial charge in [-0.05, 0) is 32.0 Å². The molecule has 1 heterocycles. The monoisotopic (exact) mass is 314 g/mol. The molecule has 2 atom stereocenters. The van der Waals surface area contributed by atoms with E-state index in [9.17, 15) is 10.2 Å².